The van der Waals surface area contributed by atoms with Crippen LogP contribution in [0.25, 0.3) is 4.13 Å². The van der Waals surface area contributed by atoms with Gasteiger partial charge in [0.2, 0.25) is 0 Å². The van der Waals surface area contributed by atoms with Gasteiger partial charge in [-0.15, -0.1) is 0 Å². The number of alkyl halides is 18. The van der Waals surface area contributed by atoms with Crippen molar-refractivity contribution in [1.82, 2.24) is 0 Å². The van der Waals surface area contributed by atoms with E-state index in [2.05, 4.69) is 0 Å². The van der Waals surface area contributed by atoms with Crippen LogP contribution in [0.3, 0.4) is 0 Å². The molecule has 0 saturated carbocycles. The maximum atomic E-state index is 12.3. The minimum atomic E-state index is -7.62. The highest BCUT2D eigenvalue weighted by atomic mass is 32.3. The normalized spacial score (nSPS) is 16.5. The molecule has 0 aliphatic rings. The Kier molecular flexibility index (Phi) is 10.6. The van der Waals surface area contributed by atoms with Gasteiger partial charge in [-0.25, -0.2) is 29.6 Å². The Morgan fingerprint density at radius 3 is 1.00 bits per heavy atom. The van der Waals surface area contributed by atoms with Crippen LogP contribution in [0, 0.1) is 0 Å². The smallest absolute Gasteiger partial charge is 0.467 e. The number of nitrogens with zero attached hydrogens (tertiary/aromatic N) is 1. The molecule has 0 aromatic heterocycles. The van der Waals surface area contributed by atoms with Crippen molar-refractivity contribution in [3.8, 4) is 0 Å². The van der Waals surface area contributed by atoms with E-state index in [1.54, 1.807) is 0 Å². The molecule has 0 bridgehead atoms. The third-order valence-electron chi connectivity index (χ3n) is 2.67. The van der Waals surface area contributed by atoms with Gasteiger partial charge < -0.3 is 8.68 Å². The molecule has 0 radical (unpaired) electrons. The average Bonchev–Trinajstić information content (AvgIpc) is 2.56. The van der Waals surface area contributed by atoms with Crippen molar-refractivity contribution < 1.29 is 114 Å². The number of sulfonamides is 2. The first-order chi connectivity index (χ1) is 15.8. The highest BCUT2D eigenvalue weighted by molar-refractivity contribution is 8.13. The lowest BCUT2D eigenvalue weighted by atomic mass is 10.6. The number of rotatable bonds is 8. The second-order valence-corrected chi connectivity index (χ2v) is 10.5. The lowest BCUT2D eigenvalue weighted by Gasteiger charge is -2.31. The minimum Gasteiger partial charge on any atom is -0.743 e. The van der Waals surface area contributed by atoms with Crippen LogP contribution in [0.2, 0.25) is 0 Å². The zero-order valence-electron chi connectivity index (χ0n) is 15.8. The summed E-state index contributed by atoms with van der Waals surface area (Å²) < 4.78 is 287. The standard InChI is InChI=1S/C4F10NO4S2.C4H2F8O4S/c5-1(6,7)3(11,12)20(16,17)15-21(18,19)4(13,14)2(8,9)10;5-1(2(6,7)8)16-3(9,10)4(11,12)17(13,14)15/h;1H,(H,13,14,15)/q-1;/p-1. The Hall–Kier alpha value is -1.53. The average molecular weight is 677 g/mol. The minimum absolute atomic E-state index is 0.422. The van der Waals surface area contributed by atoms with Gasteiger partial charge in [-0.3, -0.25) is 4.74 Å². The maximum Gasteiger partial charge on any atom is 0.467 e. The van der Waals surface area contributed by atoms with E-state index in [0.717, 1.165) is 0 Å². The summed E-state index contributed by atoms with van der Waals surface area (Å²) in [7, 11) is -22.3. The van der Waals surface area contributed by atoms with Gasteiger partial charge in [-0.2, -0.15) is 74.6 Å². The van der Waals surface area contributed by atoms with Gasteiger partial charge in [0.1, 0.15) is 0 Å². The van der Waals surface area contributed by atoms with Crippen molar-refractivity contribution in [2.75, 3.05) is 0 Å². The molecule has 9 nitrogen and oxygen atoms in total. The summed E-state index contributed by atoms with van der Waals surface area (Å²) in [6.07, 6.45) is -31.4. The largest absolute Gasteiger partial charge is 0.743 e. The van der Waals surface area contributed by atoms with Gasteiger partial charge in [-0.1, -0.05) is 0 Å². The summed E-state index contributed by atoms with van der Waals surface area (Å²) in [5.41, 5.74) is 0. The fourth-order valence-corrected chi connectivity index (χ4v) is 3.63. The lowest BCUT2D eigenvalue weighted by Crippen LogP contribution is -2.51. The van der Waals surface area contributed by atoms with Crippen LogP contribution >= 0.6 is 0 Å². The van der Waals surface area contributed by atoms with E-state index < -0.39 is 76.9 Å². The first-order valence-corrected chi connectivity index (χ1v) is 11.3. The molecular weight excluding hydrogens is 676 g/mol. The fourth-order valence-electron chi connectivity index (χ4n) is 0.926. The van der Waals surface area contributed by atoms with Crippen LogP contribution < -0.4 is 0 Å². The molecule has 0 aliphatic carbocycles. The number of hydrogen-bond donors (Lipinski definition) is 0. The molecule has 38 heavy (non-hydrogen) atoms. The van der Waals surface area contributed by atoms with Crippen LogP contribution in [-0.2, 0) is 34.9 Å². The molecule has 0 aromatic rings. The molecule has 0 spiro atoms. The zero-order valence-corrected chi connectivity index (χ0v) is 18.3. The topological polar surface area (TPSA) is 149 Å². The van der Waals surface area contributed by atoms with Crippen LogP contribution in [0.15, 0.2) is 0 Å². The van der Waals surface area contributed by atoms with Crippen LogP contribution in [0.1, 0.15) is 0 Å². The van der Waals surface area contributed by atoms with Gasteiger partial charge in [0.15, 0.2) is 30.2 Å². The van der Waals surface area contributed by atoms with E-state index in [0.29, 0.717) is 4.13 Å². The first kappa shape index (κ1) is 38.6. The molecule has 0 N–H and O–H groups in total. The van der Waals surface area contributed by atoms with Crippen LogP contribution in [-0.4, -0.2) is 76.6 Å². The van der Waals surface area contributed by atoms with E-state index in [9.17, 15) is 109 Å². The van der Waals surface area contributed by atoms with Crippen molar-refractivity contribution in [2.45, 2.75) is 46.8 Å². The molecular formula is C8HF18NO8S3-2. The molecule has 30 heteroatoms. The predicted molar refractivity (Wildman–Crippen MR) is 74.8 cm³/mol. The van der Waals surface area contributed by atoms with Crippen molar-refractivity contribution >= 4 is 30.2 Å². The van der Waals surface area contributed by atoms with E-state index in [1.807, 2.05) is 4.74 Å². The van der Waals surface area contributed by atoms with E-state index in [-0.39, 0.29) is 0 Å². The van der Waals surface area contributed by atoms with Crippen LogP contribution in [0.4, 0.5) is 79.0 Å². The molecule has 0 heterocycles. The zero-order chi connectivity index (χ0) is 32.0. The van der Waals surface area contributed by atoms with Crippen molar-refractivity contribution in [3.63, 3.8) is 0 Å². The second-order valence-electron chi connectivity index (χ2n) is 5.52. The van der Waals surface area contributed by atoms with Gasteiger partial charge in [0.25, 0.3) is 6.36 Å². The lowest BCUT2D eigenvalue weighted by molar-refractivity contribution is -0.394. The summed E-state index contributed by atoms with van der Waals surface area (Å²) in [5, 5.41) is -20.5. The van der Waals surface area contributed by atoms with Crippen molar-refractivity contribution in [3.05, 3.63) is 4.13 Å². The first-order valence-electron chi connectivity index (χ1n) is 7.05. The van der Waals surface area contributed by atoms with Gasteiger partial charge >= 0.3 is 40.4 Å². The maximum absolute atomic E-state index is 12.3. The number of halogens is 18. The monoisotopic (exact) mass is 677 g/mol. The van der Waals surface area contributed by atoms with E-state index in [4.69, 9.17) is 0 Å². The highest BCUT2D eigenvalue weighted by Gasteiger charge is 2.68. The highest BCUT2D eigenvalue weighted by Crippen LogP contribution is 2.48. The molecule has 0 aromatic carbocycles. The predicted octanol–water partition coefficient (Wildman–Crippen LogP) is 3.92. The van der Waals surface area contributed by atoms with Crippen molar-refractivity contribution in [1.29, 1.82) is 0 Å². The van der Waals surface area contributed by atoms with E-state index in [1.165, 1.54) is 0 Å². The Labute approximate surface area is 195 Å². The van der Waals surface area contributed by atoms with Gasteiger partial charge in [-0.05, 0) is 0 Å². The summed E-state index contributed by atoms with van der Waals surface area (Å²) in [6, 6.07) is 0. The molecule has 1 atom stereocenters. The Bertz CT molecular complexity index is 1100. The quantitative estimate of drug-likeness (QED) is 0.277. The molecule has 0 amide bonds. The molecule has 232 valence electrons. The molecule has 0 fully saturated rings. The number of hydrogen-bond acceptors (Lipinski definition) is 8. The summed E-state index contributed by atoms with van der Waals surface area (Å²) in [4.78, 5) is 0. The summed E-state index contributed by atoms with van der Waals surface area (Å²) >= 11 is 0. The molecule has 0 aliphatic heterocycles. The molecule has 0 rings (SSSR count). The van der Waals surface area contributed by atoms with Crippen LogP contribution in [0.5, 0.6) is 0 Å². The Morgan fingerprint density at radius 2 is 0.816 bits per heavy atom. The SMILES string of the molecule is O=S(=O)([N-]S(=O)(=O)C(F)(F)C(F)(F)F)C(F)(F)C(F)(F)F.O=S(=O)([O-])C(F)(F)C(F)(F)OC(F)C(F)(F)F. The fraction of sp³-hybridized carbons (Fsp3) is 1.00. The Morgan fingerprint density at radius 1 is 0.553 bits per heavy atom. The Balaban J connectivity index is 0. The van der Waals surface area contributed by atoms with Gasteiger partial charge in [0, 0.05) is 0 Å². The second kappa shape index (κ2) is 10.5. The summed E-state index contributed by atoms with van der Waals surface area (Å²) in [5.74, 6) is 0. The summed E-state index contributed by atoms with van der Waals surface area (Å²) in [6.45, 7) is 0. The van der Waals surface area contributed by atoms with Crippen molar-refractivity contribution in [2.24, 2.45) is 0 Å². The van der Waals surface area contributed by atoms with E-state index >= 15 is 0 Å². The van der Waals surface area contributed by atoms with Gasteiger partial charge in [0.05, 0.1) is 0 Å². The third kappa shape index (κ3) is 8.00. The molecule has 1 unspecified atom stereocenters. The molecule has 0 saturated heterocycles. The number of ether oxygens (including phenoxy) is 1. The third-order valence-corrected chi connectivity index (χ3v) is 6.86.